The molecule has 4 heteroatoms. The molecule has 2 rings (SSSR count). The van der Waals surface area contributed by atoms with Crippen LogP contribution in [0.3, 0.4) is 0 Å². The molecule has 0 aliphatic heterocycles. The van der Waals surface area contributed by atoms with Crippen LogP contribution in [0.5, 0.6) is 0 Å². The van der Waals surface area contributed by atoms with E-state index in [0.29, 0.717) is 11.1 Å². The Morgan fingerprint density at radius 3 is 1.90 bits per heavy atom. The molecule has 0 bridgehead atoms. The number of aliphatic hydroxyl groups is 1. The number of benzene rings is 2. The molecule has 0 fully saturated rings. The van der Waals surface area contributed by atoms with Crippen LogP contribution in [-0.2, 0) is 0 Å². The minimum absolute atomic E-state index is 0.308. The lowest BCUT2D eigenvalue weighted by Gasteiger charge is -2.15. The number of hydrogen-bond acceptors (Lipinski definition) is 3. The maximum Gasteiger partial charge on any atom is 0.251 e. The number of carbonyl (C=O) groups excluding carboxylic acids is 2. The van der Waals surface area contributed by atoms with Gasteiger partial charge in [-0.1, -0.05) is 48.5 Å². The quantitative estimate of drug-likeness (QED) is 0.811. The van der Waals surface area contributed by atoms with Crippen LogP contribution in [0.15, 0.2) is 60.7 Å². The molecule has 0 spiro atoms. The molecule has 0 saturated carbocycles. The van der Waals surface area contributed by atoms with E-state index in [1.54, 1.807) is 60.7 Å². The van der Waals surface area contributed by atoms with E-state index < -0.39 is 12.6 Å². The third-order valence-electron chi connectivity index (χ3n) is 2.90. The van der Waals surface area contributed by atoms with Gasteiger partial charge in [0.15, 0.2) is 5.78 Å². The summed E-state index contributed by atoms with van der Waals surface area (Å²) in [6.07, 6.45) is 0. The number of hydrogen-bond donors (Lipinski definition) is 2. The monoisotopic (exact) mass is 269 g/mol. The number of ketones is 1. The summed E-state index contributed by atoms with van der Waals surface area (Å²) in [5, 5.41) is 11.9. The second-order valence-corrected chi connectivity index (χ2v) is 4.30. The summed E-state index contributed by atoms with van der Waals surface area (Å²) < 4.78 is 0. The van der Waals surface area contributed by atoms with Crippen LogP contribution in [0, 0.1) is 0 Å². The molecule has 0 aliphatic carbocycles. The van der Waals surface area contributed by atoms with Gasteiger partial charge in [0.25, 0.3) is 5.91 Å². The molecule has 0 unspecified atom stereocenters. The van der Waals surface area contributed by atoms with Gasteiger partial charge in [-0.25, -0.2) is 0 Å². The SMILES string of the molecule is O=C(N[C@@H](CO)C(=O)c1ccccc1)c1ccccc1. The number of carbonyl (C=O) groups is 2. The lowest BCUT2D eigenvalue weighted by Crippen LogP contribution is -2.43. The first-order chi connectivity index (χ1) is 9.72. The molecule has 2 aromatic rings. The number of rotatable bonds is 5. The molecule has 4 nitrogen and oxygen atoms in total. The molecule has 0 radical (unpaired) electrons. The zero-order valence-corrected chi connectivity index (χ0v) is 10.8. The minimum atomic E-state index is -0.940. The molecule has 1 atom stereocenters. The number of nitrogens with one attached hydrogen (secondary N) is 1. The Morgan fingerprint density at radius 1 is 0.900 bits per heavy atom. The summed E-state index contributed by atoms with van der Waals surface area (Å²) >= 11 is 0. The fourth-order valence-electron chi connectivity index (χ4n) is 1.83. The van der Waals surface area contributed by atoms with Crippen LogP contribution >= 0.6 is 0 Å². The van der Waals surface area contributed by atoms with E-state index in [2.05, 4.69) is 5.32 Å². The zero-order chi connectivity index (χ0) is 14.4. The maximum atomic E-state index is 12.2. The molecule has 0 aromatic heterocycles. The summed E-state index contributed by atoms with van der Waals surface area (Å²) in [5.41, 5.74) is 0.909. The van der Waals surface area contributed by atoms with Crippen molar-refractivity contribution in [2.45, 2.75) is 6.04 Å². The maximum absolute atomic E-state index is 12.2. The van der Waals surface area contributed by atoms with E-state index in [-0.39, 0.29) is 11.7 Å². The van der Waals surface area contributed by atoms with Gasteiger partial charge in [-0.15, -0.1) is 0 Å². The highest BCUT2D eigenvalue weighted by molar-refractivity contribution is 6.04. The second-order valence-electron chi connectivity index (χ2n) is 4.30. The predicted octanol–water partition coefficient (Wildman–Crippen LogP) is 1.66. The van der Waals surface area contributed by atoms with E-state index in [1.807, 2.05) is 0 Å². The fourth-order valence-corrected chi connectivity index (χ4v) is 1.83. The van der Waals surface area contributed by atoms with Crippen LogP contribution in [0.25, 0.3) is 0 Å². The third-order valence-corrected chi connectivity index (χ3v) is 2.90. The van der Waals surface area contributed by atoms with Crippen molar-refractivity contribution in [2.75, 3.05) is 6.61 Å². The van der Waals surface area contributed by atoms with Crippen molar-refractivity contribution in [2.24, 2.45) is 0 Å². The third kappa shape index (κ3) is 3.30. The standard InChI is InChI=1S/C16H15NO3/c18-11-14(15(19)12-7-3-1-4-8-12)17-16(20)13-9-5-2-6-10-13/h1-10,14,18H,11H2,(H,17,20)/t14-/m0/s1. The van der Waals surface area contributed by atoms with Crippen LogP contribution < -0.4 is 5.32 Å². The van der Waals surface area contributed by atoms with Crippen molar-refractivity contribution in [1.82, 2.24) is 5.32 Å². The number of amides is 1. The summed E-state index contributed by atoms with van der Waals surface area (Å²) in [5.74, 6) is -0.689. The largest absolute Gasteiger partial charge is 0.394 e. The number of Topliss-reactive ketones (excluding diaryl/α,β-unsaturated/α-hetero) is 1. The van der Waals surface area contributed by atoms with Gasteiger partial charge in [0, 0.05) is 11.1 Å². The molecule has 1 amide bonds. The molecule has 102 valence electrons. The average Bonchev–Trinajstić information content (AvgIpc) is 2.53. The van der Waals surface area contributed by atoms with Crippen molar-refractivity contribution < 1.29 is 14.7 Å². The van der Waals surface area contributed by atoms with Gasteiger partial charge in [0.1, 0.15) is 6.04 Å². The Hall–Kier alpha value is -2.46. The summed E-state index contributed by atoms with van der Waals surface area (Å²) in [7, 11) is 0. The summed E-state index contributed by atoms with van der Waals surface area (Å²) in [6.45, 7) is -0.438. The lowest BCUT2D eigenvalue weighted by molar-refractivity contribution is 0.0813. The Bertz CT molecular complexity index is 581. The van der Waals surface area contributed by atoms with Crippen molar-refractivity contribution in [3.63, 3.8) is 0 Å². The van der Waals surface area contributed by atoms with Crippen LogP contribution in [0.2, 0.25) is 0 Å². The highest BCUT2D eigenvalue weighted by Crippen LogP contribution is 2.05. The van der Waals surface area contributed by atoms with Crippen molar-refractivity contribution in [3.05, 3.63) is 71.8 Å². The molecule has 20 heavy (non-hydrogen) atoms. The molecule has 0 saturated heterocycles. The summed E-state index contributed by atoms with van der Waals surface area (Å²) in [6, 6.07) is 16.2. The molecule has 2 aromatic carbocycles. The van der Waals surface area contributed by atoms with Gasteiger partial charge in [0.2, 0.25) is 0 Å². The Labute approximate surface area is 117 Å². The zero-order valence-electron chi connectivity index (χ0n) is 10.8. The highest BCUT2D eigenvalue weighted by atomic mass is 16.3. The van der Waals surface area contributed by atoms with Crippen molar-refractivity contribution in [1.29, 1.82) is 0 Å². The van der Waals surface area contributed by atoms with E-state index in [9.17, 15) is 14.7 Å². The minimum Gasteiger partial charge on any atom is -0.394 e. The fraction of sp³-hybridized carbons (Fsp3) is 0.125. The van der Waals surface area contributed by atoms with Crippen LogP contribution in [-0.4, -0.2) is 29.4 Å². The Balaban J connectivity index is 2.10. The van der Waals surface area contributed by atoms with Gasteiger partial charge in [0.05, 0.1) is 6.61 Å². The average molecular weight is 269 g/mol. The molecule has 2 N–H and O–H groups in total. The lowest BCUT2D eigenvalue weighted by atomic mass is 10.0. The molecule has 0 aliphatic rings. The first-order valence-corrected chi connectivity index (χ1v) is 6.28. The van der Waals surface area contributed by atoms with E-state index in [4.69, 9.17) is 0 Å². The van der Waals surface area contributed by atoms with Crippen molar-refractivity contribution in [3.8, 4) is 0 Å². The van der Waals surface area contributed by atoms with E-state index >= 15 is 0 Å². The topological polar surface area (TPSA) is 66.4 Å². The van der Waals surface area contributed by atoms with E-state index in [0.717, 1.165) is 0 Å². The Morgan fingerprint density at radius 2 is 1.40 bits per heavy atom. The Kier molecular flexibility index (Phi) is 4.63. The van der Waals surface area contributed by atoms with E-state index in [1.165, 1.54) is 0 Å². The van der Waals surface area contributed by atoms with Gasteiger partial charge >= 0.3 is 0 Å². The second kappa shape index (κ2) is 6.63. The van der Waals surface area contributed by atoms with Gasteiger partial charge in [-0.2, -0.15) is 0 Å². The van der Waals surface area contributed by atoms with Gasteiger partial charge in [-0.05, 0) is 12.1 Å². The molecular weight excluding hydrogens is 254 g/mol. The van der Waals surface area contributed by atoms with Gasteiger partial charge in [-0.3, -0.25) is 9.59 Å². The highest BCUT2D eigenvalue weighted by Gasteiger charge is 2.21. The molecular formula is C16H15NO3. The first kappa shape index (κ1) is 14.0. The van der Waals surface area contributed by atoms with Crippen molar-refractivity contribution >= 4 is 11.7 Å². The van der Waals surface area contributed by atoms with Crippen LogP contribution in [0.4, 0.5) is 0 Å². The predicted molar refractivity (Wildman–Crippen MR) is 75.6 cm³/mol. The van der Waals surface area contributed by atoms with Gasteiger partial charge < -0.3 is 10.4 Å². The first-order valence-electron chi connectivity index (χ1n) is 6.28. The molecule has 0 heterocycles. The normalized spacial score (nSPS) is 11.7. The van der Waals surface area contributed by atoms with Crippen LogP contribution in [0.1, 0.15) is 20.7 Å². The smallest absolute Gasteiger partial charge is 0.251 e. The number of aliphatic hydroxyl groups excluding tert-OH is 1. The summed E-state index contributed by atoms with van der Waals surface area (Å²) in [4.78, 5) is 24.1.